The van der Waals surface area contributed by atoms with Gasteiger partial charge in [0.25, 0.3) is 5.91 Å². The van der Waals surface area contributed by atoms with Crippen molar-refractivity contribution in [2.24, 2.45) is 0 Å². The molecule has 3 atom stereocenters. The largest absolute Gasteiger partial charge is 0.491 e. The average Bonchev–Trinajstić information content (AvgIpc) is 3.45. The zero-order chi connectivity index (χ0) is 36.7. The van der Waals surface area contributed by atoms with Gasteiger partial charge in [0.1, 0.15) is 24.2 Å². The molecule has 2 N–H and O–H groups in total. The van der Waals surface area contributed by atoms with Gasteiger partial charge in [-0.3, -0.25) is 24.0 Å². The Bertz CT molecular complexity index is 1590. The van der Waals surface area contributed by atoms with E-state index in [1.54, 1.807) is 0 Å². The van der Waals surface area contributed by atoms with Gasteiger partial charge in [-0.1, -0.05) is 18.2 Å². The third-order valence-electron chi connectivity index (χ3n) is 8.70. The molecule has 2 aliphatic rings. The molecular weight excluding hydrogens is 664 g/mol. The lowest BCUT2D eigenvalue weighted by Crippen LogP contribution is -2.49. The molecule has 0 aromatic heterocycles. The number of amides is 5. The smallest absolute Gasteiger partial charge is 0.416 e. The summed E-state index contributed by atoms with van der Waals surface area (Å²) in [6.07, 6.45) is -4.96. The van der Waals surface area contributed by atoms with Crippen molar-refractivity contribution in [1.82, 2.24) is 30.2 Å². The third kappa shape index (κ3) is 9.92. The summed E-state index contributed by atoms with van der Waals surface area (Å²) in [4.78, 5) is 72.3. The van der Waals surface area contributed by atoms with Crippen molar-refractivity contribution in [3.63, 3.8) is 0 Å². The molecule has 0 saturated carbocycles. The fourth-order valence-electron chi connectivity index (χ4n) is 5.97. The van der Waals surface area contributed by atoms with Crippen molar-refractivity contribution in [2.45, 2.75) is 50.0 Å². The second kappa shape index (κ2) is 16.3. The topological polar surface area (TPSA) is 132 Å². The predicted molar refractivity (Wildman–Crippen MR) is 173 cm³/mol. The molecule has 2 aliphatic heterocycles. The maximum Gasteiger partial charge on any atom is 0.416 e. The summed E-state index contributed by atoms with van der Waals surface area (Å²) >= 11 is 0. The molecule has 0 aliphatic carbocycles. The number of hydrogen-bond acceptors (Lipinski definition) is 7. The van der Waals surface area contributed by atoms with Crippen LogP contribution in [0.4, 0.5) is 17.6 Å². The highest BCUT2D eigenvalue weighted by atomic mass is 19.4. The van der Waals surface area contributed by atoms with Gasteiger partial charge in [0.15, 0.2) is 0 Å². The van der Waals surface area contributed by atoms with Crippen molar-refractivity contribution in [1.29, 1.82) is 0 Å². The number of fused-ring (bicyclic) bond motifs is 2. The van der Waals surface area contributed by atoms with Crippen molar-refractivity contribution >= 4 is 29.5 Å². The van der Waals surface area contributed by atoms with E-state index in [9.17, 15) is 41.5 Å². The predicted octanol–water partition coefficient (Wildman–Crippen LogP) is 1.92. The molecule has 3 unspecified atom stereocenters. The highest BCUT2D eigenvalue weighted by Gasteiger charge is 2.38. The van der Waals surface area contributed by atoms with Crippen LogP contribution in [0.5, 0.6) is 5.75 Å². The first-order chi connectivity index (χ1) is 23.5. The number of benzene rings is 2. The van der Waals surface area contributed by atoms with Gasteiger partial charge in [0.2, 0.25) is 23.6 Å². The lowest BCUT2D eigenvalue weighted by Gasteiger charge is -2.28. The van der Waals surface area contributed by atoms with Crippen molar-refractivity contribution in [3.8, 4) is 5.75 Å². The number of nitrogens with zero attached hydrogens (tertiary/aromatic N) is 4. The lowest BCUT2D eigenvalue weighted by molar-refractivity contribution is -0.140. The molecule has 2 heterocycles. The summed E-state index contributed by atoms with van der Waals surface area (Å²) in [7, 11) is 6.49. The van der Waals surface area contributed by atoms with Crippen LogP contribution in [0.15, 0.2) is 42.5 Å². The first-order valence-corrected chi connectivity index (χ1v) is 16.1. The van der Waals surface area contributed by atoms with Gasteiger partial charge in [0.05, 0.1) is 30.1 Å². The number of halogens is 4. The maximum absolute atomic E-state index is 14.5. The molecule has 0 radical (unpaired) electrons. The third-order valence-corrected chi connectivity index (χ3v) is 8.70. The molecule has 0 bridgehead atoms. The van der Waals surface area contributed by atoms with Crippen molar-refractivity contribution in [3.05, 3.63) is 65.0 Å². The van der Waals surface area contributed by atoms with E-state index in [0.29, 0.717) is 6.54 Å². The Morgan fingerprint density at radius 1 is 1.04 bits per heavy atom. The lowest BCUT2D eigenvalue weighted by atomic mass is 10.1. The second-order valence-corrected chi connectivity index (χ2v) is 12.8. The summed E-state index contributed by atoms with van der Waals surface area (Å²) in [5.41, 5.74) is -0.880. The van der Waals surface area contributed by atoms with Crippen molar-refractivity contribution in [2.75, 3.05) is 61.0 Å². The summed E-state index contributed by atoms with van der Waals surface area (Å²) in [6, 6.07) is 5.47. The molecule has 4 rings (SSSR count). The second-order valence-electron chi connectivity index (χ2n) is 12.8. The summed E-state index contributed by atoms with van der Waals surface area (Å²) in [6.45, 7) is 0.338. The summed E-state index contributed by atoms with van der Waals surface area (Å²) < 4.78 is 60.0. The van der Waals surface area contributed by atoms with E-state index in [4.69, 9.17) is 4.74 Å². The van der Waals surface area contributed by atoms with Crippen LogP contribution in [-0.4, -0.2) is 128 Å². The Morgan fingerprint density at radius 2 is 1.78 bits per heavy atom. The van der Waals surface area contributed by atoms with Crippen LogP contribution in [0, 0.1) is 5.82 Å². The molecule has 0 spiro atoms. The van der Waals surface area contributed by atoms with Gasteiger partial charge < -0.3 is 35.0 Å². The highest BCUT2D eigenvalue weighted by Crippen LogP contribution is 2.30. The van der Waals surface area contributed by atoms with Crippen LogP contribution in [0.25, 0.3) is 0 Å². The molecular formula is C34H42F4N6O6. The Kier molecular flexibility index (Phi) is 12.4. The zero-order valence-corrected chi connectivity index (χ0v) is 28.4. The minimum Gasteiger partial charge on any atom is -0.491 e. The van der Waals surface area contributed by atoms with Gasteiger partial charge in [-0.25, -0.2) is 4.39 Å². The van der Waals surface area contributed by atoms with Crippen LogP contribution in [0.1, 0.15) is 40.7 Å². The molecule has 12 nitrogen and oxygen atoms in total. The van der Waals surface area contributed by atoms with Gasteiger partial charge in [-0.2, -0.15) is 13.2 Å². The Balaban J connectivity index is 1.56. The fourth-order valence-corrected chi connectivity index (χ4v) is 5.97. The van der Waals surface area contributed by atoms with Crippen LogP contribution >= 0.6 is 0 Å². The standard InChI is InChI=1S/C34H42F4N6O6/c1-41(2)13-12-39-32(48)27-9-11-30(46)42(3)19-31(47)44-18-24(40-29(45)15-21-6-5-7-22(14-21)34(36,37)38)17-25(44)20-50-28-10-8-23(35)16-26(28)33(49)43(27)4/h5-8,10,14,16,24-25,27H,9,11-13,15,17-20H2,1-4H3,(H,39,48)(H,40,45). The highest BCUT2D eigenvalue weighted by molar-refractivity contribution is 5.99. The molecule has 16 heteroatoms. The maximum atomic E-state index is 14.5. The number of likely N-dealkylation sites (N-methyl/N-ethyl adjacent to an activating group) is 3. The Hall–Kier alpha value is -4.73. The average molecular weight is 707 g/mol. The Morgan fingerprint density at radius 3 is 2.48 bits per heavy atom. The minimum atomic E-state index is -4.56. The number of rotatable bonds is 7. The normalized spacial score (nSPS) is 20.9. The van der Waals surface area contributed by atoms with E-state index < -0.39 is 65.2 Å². The number of hydrogen-bond donors (Lipinski definition) is 2. The number of nitrogens with one attached hydrogen (secondary N) is 2. The van der Waals surface area contributed by atoms with E-state index in [1.165, 1.54) is 42.1 Å². The molecule has 2 aromatic rings. The van der Waals surface area contributed by atoms with E-state index in [1.807, 2.05) is 19.0 Å². The molecule has 1 saturated heterocycles. The first kappa shape index (κ1) is 38.1. The monoisotopic (exact) mass is 706 g/mol. The Labute approximate surface area is 287 Å². The van der Waals surface area contributed by atoms with Crippen LogP contribution in [0.3, 0.4) is 0 Å². The van der Waals surface area contributed by atoms with Gasteiger partial charge in [0, 0.05) is 46.2 Å². The van der Waals surface area contributed by atoms with E-state index in [0.717, 1.165) is 29.2 Å². The quantitative estimate of drug-likeness (QED) is 0.421. The van der Waals surface area contributed by atoms with Gasteiger partial charge in [-0.15, -0.1) is 0 Å². The zero-order valence-electron chi connectivity index (χ0n) is 28.4. The van der Waals surface area contributed by atoms with Gasteiger partial charge >= 0.3 is 6.18 Å². The van der Waals surface area contributed by atoms with Gasteiger partial charge in [-0.05, 0) is 56.8 Å². The molecule has 2 aromatic carbocycles. The number of carbonyl (C=O) groups is 5. The number of carbonyl (C=O) groups excluding carboxylic acids is 5. The van der Waals surface area contributed by atoms with E-state index in [2.05, 4.69) is 10.6 Å². The van der Waals surface area contributed by atoms with E-state index in [-0.39, 0.29) is 68.8 Å². The first-order valence-electron chi connectivity index (χ1n) is 16.1. The molecule has 272 valence electrons. The summed E-state index contributed by atoms with van der Waals surface area (Å²) in [5, 5.41) is 5.56. The number of ether oxygens (including phenoxy) is 1. The molecule has 5 amide bonds. The van der Waals surface area contributed by atoms with Crippen LogP contribution in [-0.2, 0) is 31.8 Å². The minimum absolute atomic E-state index is 0.00233. The fraction of sp³-hybridized carbons (Fsp3) is 0.500. The van der Waals surface area contributed by atoms with E-state index >= 15 is 0 Å². The molecule has 50 heavy (non-hydrogen) atoms. The van der Waals surface area contributed by atoms with Crippen LogP contribution in [0.2, 0.25) is 0 Å². The van der Waals surface area contributed by atoms with Crippen LogP contribution < -0.4 is 15.4 Å². The van der Waals surface area contributed by atoms with Crippen molar-refractivity contribution < 1.29 is 46.3 Å². The number of alkyl halides is 3. The summed E-state index contributed by atoms with van der Waals surface area (Å²) in [5.74, 6) is -3.40. The SMILES string of the molecule is CN(C)CCNC(=O)C1CCC(=O)N(C)CC(=O)N2CC(NC(=O)Cc3cccc(C(F)(F)F)c3)CC2COc2ccc(F)cc2C(=O)N1C. The molecule has 1 fully saturated rings.